The highest BCUT2D eigenvalue weighted by Crippen LogP contribution is 2.31. The Labute approximate surface area is 77.0 Å². The van der Waals surface area contributed by atoms with Crippen LogP contribution in [0.1, 0.15) is 23.8 Å². The first-order valence-electron chi connectivity index (χ1n) is 4.05. The first-order chi connectivity index (χ1) is 5.58. The summed E-state index contributed by atoms with van der Waals surface area (Å²) in [5, 5.41) is 12.0. The zero-order valence-electron chi connectivity index (χ0n) is 7.50. The van der Waals surface area contributed by atoms with Gasteiger partial charge in [0.25, 0.3) is 0 Å². The average Bonchev–Trinajstić information content (AvgIpc) is 2.35. The summed E-state index contributed by atoms with van der Waals surface area (Å²) in [5.41, 5.74) is 5.82. The molecule has 0 bridgehead atoms. The number of hydrogen-bond donors (Lipinski definition) is 2. The quantitative estimate of drug-likeness (QED) is 0.751. The van der Waals surface area contributed by atoms with Gasteiger partial charge in [0.05, 0.1) is 5.60 Å². The van der Waals surface area contributed by atoms with Gasteiger partial charge in [-0.15, -0.1) is 11.3 Å². The highest BCUT2D eigenvalue weighted by molar-refractivity contribution is 7.10. The molecule has 3 N–H and O–H groups in total. The lowest BCUT2D eigenvalue weighted by Crippen LogP contribution is -2.24. The van der Waals surface area contributed by atoms with Gasteiger partial charge in [0.15, 0.2) is 0 Å². The molecule has 0 radical (unpaired) electrons. The molecule has 2 nitrogen and oxygen atoms in total. The standard InChI is InChI=1S/C9H15NOS/c1-7-3-6-12-8(7)9(2,11)4-5-10/h3,6,11H,4-5,10H2,1-2H3. The second kappa shape index (κ2) is 3.56. The SMILES string of the molecule is Cc1ccsc1C(C)(O)CCN. The Balaban J connectivity index is 2.88. The van der Waals surface area contributed by atoms with E-state index in [9.17, 15) is 5.11 Å². The van der Waals surface area contributed by atoms with Gasteiger partial charge in [-0.2, -0.15) is 0 Å². The maximum absolute atomic E-state index is 9.99. The molecule has 0 saturated heterocycles. The molecule has 12 heavy (non-hydrogen) atoms. The van der Waals surface area contributed by atoms with Crippen LogP contribution in [0.25, 0.3) is 0 Å². The van der Waals surface area contributed by atoms with Gasteiger partial charge in [-0.25, -0.2) is 0 Å². The molecule has 0 fully saturated rings. The van der Waals surface area contributed by atoms with E-state index < -0.39 is 5.60 Å². The fraction of sp³-hybridized carbons (Fsp3) is 0.556. The van der Waals surface area contributed by atoms with Crippen LogP contribution in [-0.4, -0.2) is 11.7 Å². The maximum Gasteiger partial charge on any atom is 0.0974 e. The summed E-state index contributed by atoms with van der Waals surface area (Å²) in [4.78, 5) is 1.04. The fourth-order valence-corrected chi connectivity index (χ4v) is 2.34. The monoisotopic (exact) mass is 185 g/mol. The zero-order valence-corrected chi connectivity index (χ0v) is 8.32. The zero-order chi connectivity index (χ0) is 9.19. The topological polar surface area (TPSA) is 46.2 Å². The van der Waals surface area contributed by atoms with Crippen molar-refractivity contribution in [3.05, 3.63) is 21.9 Å². The Morgan fingerprint density at radius 2 is 2.33 bits per heavy atom. The van der Waals surface area contributed by atoms with Crippen molar-refractivity contribution in [3.8, 4) is 0 Å². The first-order valence-corrected chi connectivity index (χ1v) is 4.93. The van der Waals surface area contributed by atoms with Gasteiger partial charge in [-0.1, -0.05) is 0 Å². The molecule has 1 unspecified atom stereocenters. The van der Waals surface area contributed by atoms with Crippen molar-refractivity contribution in [1.29, 1.82) is 0 Å². The smallest absolute Gasteiger partial charge is 0.0974 e. The van der Waals surface area contributed by atoms with Crippen molar-refractivity contribution in [2.75, 3.05) is 6.54 Å². The van der Waals surface area contributed by atoms with Gasteiger partial charge >= 0.3 is 0 Å². The van der Waals surface area contributed by atoms with E-state index >= 15 is 0 Å². The number of aliphatic hydroxyl groups is 1. The third kappa shape index (κ3) is 1.86. The lowest BCUT2D eigenvalue weighted by atomic mass is 9.98. The van der Waals surface area contributed by atoms with Crippen molar-refractivity contribution in [2.24, 2.45) is 5.73 Å². The van der Waals surface area contributed by atoms with Crippen molar-refractivity contribution >= 4 is 11.3 Å². The predicted molar refractivity (Wildman–Crippen MR) is 52.3 cm³/mol. The Morgan fingerprint density at radius 3 is 2.75 bits per heavy atom. The van der Waals surface area contributed by atoms with Crippen LogP contribution in [0.5, 0.6) is 0 Å². The lowest BCUT2D eigenvalue weighted by molar-refractivity contribution is 0.0537. The second-order valence-electron chi connectivity index (χ2n) is 3.25. The van der Waals surface area contributed by atoms with E-state index in [-0.39, 0.29) is 0 Å². The van der Waals surface area contributed by atoms with E-state index in [4.69, 9.17) is 5.73 Å². The van der Waals surface area contributed by atoms with Crippen LogP contribution in [0.3, 0.4) is 0 Å². The summed E-state index contributed by atoms with van der Waals surface area (Å²) in [7, 11) is 0. The Morgan fingerprint density at radius 1 is 1.67 bits per heavy atom. The van der Waals surface area contributed by atoms with Gasteiger partial charge in [0.1, 0.15) is 0 Å². The predicted octanol–water partition coefficient (Wildman–Crippen LogP) is 1.61. The lowest BCUT2D eigenvalue weighted by Gasteiger charge is -2.21. The summed E-state index contributed by atoms with van der Waals surface area (Å²) < 4.78 is 0. The largest absolute Gasteiger partial charge is 0.385 e. The second-order valence-corrected chi connectivity index (χ2v) is 4.16. The third-order valence-electron chi connectivity index (χ3n) is 1.98. The van der Waals surface area contributed by atoms with Crippen LogP contribution >= 0.6 is 11.3 Å². The summed E-state index contributed by atoms with van der Waals surface area (Å²) in [5.74, 6) is 0. The normalized spacial score (nSPS) is 16.0. The van der Waals surface area contributed by atoms with E-state index in [1.54, 1.807) is 11.3 Å². The molecule has 3 heteroatoms. The van der Waals surface area contributed by atoms with Crippen LogP contribution in [-0.2, 0) is 5.60 Å². The summed E-state index contributed by atoms with van der Waals surface area (Å²) in [6.45, 7) is 4.35. The van der Waals surface area contributed by atoms with Crippen LogP contribution in [0, 0.1) is 6.92 Å². The van der Waals surface area contributed by atoms with E-state index in [0.717, 1.165) is 10.4 Å². The fourth-order valence-electron chi connectivity index (χ4n) is 1.32. The highest BCUT2D eigenvalue weighted by Gasteiger charge is 2.24. The molecule has 0 spiro atoms. The number of nitrogens with two attached hydrogens (primary N) is 1. The molecule has 0 saturated carbocycles. The Kier molecular flexibility index (Phi) is 2.88. The molecule has 68 valence electrons. The van der Waals surface area contributed by atoms with Crippen molar-refractivity contribution in [1.82, 2.24) is 0 Å². The first kappa shape index (κ1) is 9.71. The molecule has 0 amide bonds. The molecular formula is C9H15NOS. The Hall–Kier alpha value is -0.380. The third-order valence-corrected chi connectivity index (χ3v) is 3.25. The van der Waals surface area contributed by atoms with Gasteiger partial charge in [-0.05, 0) is 43.8 Å². The number of hydrogen-bond acceptors (Lipinski definition) is 3. The Bertz CT molecular complexity index is 255. The molecule has 1 rings (SSSR count). The molecule has 1 atom stereocenters. The van der Waals surface area contributed by atoms with Crippen molar-refractivity contribution in [2.45, 2.75) is 25.9 Å². The molecule has 0 aromatic carbocycles. The minimum Gasteiger partial charge on any atom is -0.385 e. The van der Waals surface area contributed by atoms with E-state index in [1.807, 2.05) is 25.3 Å². The molecule has 1 aromatic rings. The van der Waals surface area contributed by atoms with E-state index in [1.165, 1.54) is 0 Å². The van der Waals surface area contributed by atoms with Crippen LogP contribution in [0.15, 0.2) is 11.4 Å². The van der Waals surface area contributed by atoms with Gasteiger partial charge in [-0.3, -0.25) is 0 Å². The number of thiophene rings is 1. The minimum absolute atomic E-state index is 0.518. The molecule has 0 aliphatic carbocycles. The van der Waals surface area contributed by atoms with Crippen LogP contribution in [0.4, 0.5) is 0 Å². The molecule has 1 heterocycles. The van der Waals surface area contributed by atoms with Gasteiger partial charge in [0.2, 0.25) is 0 Å². The maximum atomic E-state index is 9.99. The van der Waals surface area contributed by atoms with Crippen molar-refractivity contribution < 1.29 is 5.11 Å². The summed E-state index contributed by atoms with van der Waals surface area (Å²) in [6.07, 6.45) is 0.619. The molecule has 0 aliphatic heterocycles. The van der Waals surface area contributed by atoms with Gasteiger partial charge in [0, 0.05) is 4.88 Å². The number of aryl methyl sites for hydroxylation is 1. The average molecular weight is 185 g/mol. The highest BCUT2D eigenvalue weighted by atomic mass is 32.1. The van der Waals surface area contributed by atoms with Crippen LogP contribution in [0.2, 0.25) is 0 Å². The molecule has 1 aromatic heterocycles. The number of rotatable bonds is 3. The van der Waals surface area contributed by atoms with E-state index in [0.29, 0.717) is 13.0 Å². The summed E-state index contributed by atoms with van der Waals surface area (Å²) >= 11 is 1.59. The summed E-state index contributed by atoms with van der Waals surface area (Å²) in [6, 6.07) is 2.02. The molecule has 0 aliphatic rings. The molecular weight excluding hydrogens is 170 g/mol. The van der Waals surface area contributed by atoms with Crippen molar-refractivity contribution in [3.63, 3.8) is 0 Å². The van der Waals surface area contributed by atoms with Gasteiger partial charge < -0.3 is 10.8 Å². The van der Waals surface area contributed by atoms with E-state index in [2.05, 4.69) is 0 Å². The minimum atomic E-state index is -0.743. The van der Waals surface area contributed by atoms with Crippen LogP contribution < -0.4 is 5.73 Å².